The largest absolute Gasteiger partial charge is 0.455 e. The van der Waals surface area contributed by atoms with Gasteiger partial charge in [-0.1, -0.05) is 0 Å². The average molecular weight is 573 g/mol. The summed E-state index contributed by atoms with van der Waals surface area (Å²) in [4.78, 5) is 0. The summed E-state index contributed by atoms with van der Waals surface area (Å²) in [6, 6.07) is 0. The van der Waals surface area contributed by atoms with Gasteiger partial charge in [0.25, 0.3) is 0 Å². The zero-order chi connectivity index (χ0) is 8.12. The van der Waals surface area contributed by atoms with E-state index in [-0.39, 0.29) is 71.9 Å². The van der Waals surface area contributed by atoms with E-state index in [1.165, 1.54) is 18.8 Å². The van der Waals surface area contributed by atoms with E-state index in [0.717, 1.165) is 0 Å². The molecule has 0 saturated carbocycles. The molecular formula is C3H12I3O3S3+3. The van der Waals surface area contributed by atoms with Gasteiger partial charge < -0.3 is 0 Å². The van der Waals surface area contributed by atoms with Crippen LogP contribution < -0.4 is 0 Å². The van der Waals surface area contributed by atoms with Crippen molar-refractivity contribution < 1.29 is 12.6 Å². The predicted molar refractivity (Wildman–Crippen MR) is 88.2 cm³/mol. The molecule has 0 bridgehead atoms. The minimum atomic E-state index is 0. The lowest BCUT2D eigenvalue weighted by atomic mass is 12.0. The smallest absolute Gasteiger partial charge is 0.107 e. The Morgan fingerprint density at radius 3 is 0.583 bits per heavy atom. The molecule has 9 heteroatoms. The lowest BCUT2D eigenvalue weighted by Gasteiger charge is -0.931. The molecule has 0 aliphatic rings. The van der Waals surface area contributed by atoms with E-state index < -0.39 is 0 Å². The van der Waals surface area contributed by atoms with Gasteiger partial charge in [0.15, 0.2) is 0 Å². The first-order valence-corrected chi connectivity index (χ1v) is 5.17. The molecule has 0 aliphatic heterocycles. The van der Waals surface area contributed by atoms with Gasteiger partial charge in [-0.3, -0.25) is 0 Å². The van der Waals surface area contributed by atoms with Crippen molar-refractivity contribution in [3.63, 3.8) is 0 Å². The van der Waals surface area contributed by atoms with Crippen molar-refractivity contribution in [2.45, 2.75) is 0 Å². The van der Waals surface area contributed by atoms with Crippen molar-refractivity contribution in [2.24, 2.45) is 0 Å². The van der Waals surface area contributed by atoms with E-state index in [1.807, 2.05) is 0 Å². The molecule has 78 valence electrons. The second-order valence-corrected chi connectivity index (χ2v) is 1.50. The van der Waals surface area contributed by atoms with Gasteiger partial charge in [0, 0.05) is 12.6 Å². The molecule has 0 radical (unpaired) electrons. The Kier molecular flexibility index (Phi) is 221. The standard InChI is InChI=1S/3CH3OS.3HI/c3*1-3-2;;;/h3*1H3;3*1H/q3*+1;;;. The van der Waals surface area contributed by atoms with Crippen molar-refractivity contribution in [1.82, 2.24) is 0 Å². The molecule has 0 fully saturated rings. The molecule has 0 N–H and O–H groups in total. The maximum absolute atomic E-state index is 8.85. The topological polar surface area (TPSA) is 51.2 Å². The van der Waals surface area contributed by atoms with Crippen LogP contribution in [0.4, 0.5) is 0 Å². The fourth-order valence-corrected chi connectivity index (χ4v) is 0. The van der Waals surface area contributed by atoms with Gasteiger partial charge in [0.2, 0.25) is 18.8 Å². The molecule has 0 rings (SSSR count). The van der Waals surface area contributed by atoms with Crippen molar-refractivity contribution >= 4 is 107 Å². The maximum Gasteiger partial charge on any atom is 0.455 e. The molecule has 0 saturated heterocycles. The van der Waals surface area contributed by atoms with Crippen LogP contribution in [0.5, 0.6) is 0 Å². The quantitative estimate of drug-likeness (QED) is 0.330. The Morgan fingerprint density at radius 1 is 0.583 bits per heavy atom. The first-order chi connectivity index (χ1) is 4.24. The summed E-state index contributed by atoms with van der Waals surface area (Å²) >= 11 is 1.50. The summed E-state index contributed by atoms with van der Waals surface area (Å²) in [5.41, 5.74) is 0. The third-order valence-corrected chi connectivity index (χ3v) is 0. The highest BCUT2D eigenvalue weighted by Crippen LogP contribution is 1.15. The van der Waals surface area contributed by atoms with Crippen LogP contribution in [-0.4, -0.2) is 18.8 Å². The van der Waals surface area contributed by atoms with Crippen LogP contribution in [0, 0.1) is 0 Å². The zero-order valence-electron chi connectivity index (χ0n) is 6.67. The molecule has 0 unspecified atom stereocenters. The zero-order valence-corrected chi connectivity index (χ0v) is 16.1. The van der Waals surface area contributed by atoms with Crippen molar-refractivity contribution in [3.8, 4) is 0 Å². The summed E-state index contributed by atoms with van der Waals surface area (Å²) in [6.45, 7) is 0. The van der Waals surface area contributed by atoms with Crippen LogP contribution in [0.2, 0.25) is 0 Å². The highest BCUT2D eigenvalue weighted by atomic mass is 127. The molecule has 3 nitrogen and oxygen atoms in total. The molecule has 0 amide bonds. The number of rotatable bonds is 0. The molecule has 12 heavy (non-hydrogen) atoms. The summed E-state index contributed by atoms with van der Waals surface area (Å²) < 4.78 is 26.5. The minimum Gasteiger partial charge on any atom is -0.107 e. The number of hydrogen-bond acceptors (Lipinski definition) is 3. The van der Waals surface area contributed by atoms with E-state index in [9.17, 15) is 0 Å². The van der Waals surface area contributed by atoms with Crippen LogP contribution in [0.3, 0.4) is 0 Å². The van der Waals surface area contributed by atoms with Gasteiger partial charge in [0.1, 0.15) is 0 Å². The van der Waals surface area contributed by atoms with Crippen molar-refractivity contribution in [1.29, 1.82) is 0 Å². The van der Waals surface area contributed by atoms with Crippen LogP contribution >= 0.6 is 71.9 Å². The van der Waals surface area contributed by atoms with Crippen molar-refractivity contribution in [2.75, 3.05) is 18.8 Å². The second-order valence-electron chi connectivity index (χ2n) is 0.500. The lowest BCUT2D eigenvalue weighted by molar-refractivity contribution is 0.606. The van der Waals surface area contributed by atoms with Gasteiger partial charge >= 0.3 is 35.0 Å². The molecule has 0 aromatic carbocycles. The predicted octanol–water partition coefficient (Wildman–Crippen LogP) is 1.99. The molecule has 0 spiro atoms. The third kappa shape index (κ3) is 306. The molecule has 0 aromatic rings. The van der Waals surface area contributed by atoms with Gasteiger partial charge in [-0.05, 0) is 0 Å². The summed E-state index contributed by atoms with van der Waals surface area (Å²) in [6.07, 6.45) is 4.46. The third-order valence-electron chi connectivity index (χ3n) is 0. The first-order valence-electron chi connectivity index (χ1n) is 1.72. The van der Waals surface area contributed by atoms with E-state index in [0.29, 0.717) is 35.0 Å². The first kappa shape index (κ1) is 36.8. The maximum atomic E-state index is 8.85. The monoisotopic (exact) mass is 573 g/mol. The molecular weight excluding hydrogens is 561 g/mol. The second kappa shape index (κ2) is 72.1. The van der Waals surface area contributed by atoms with E-state index in [1.54, 1.807) is 0 Å². The highest BCUT2D eigenvalue weighted by Gasteiger charge is 1.55. The Balaban J connectivity index is -0.00000001000. The molecule has 0 aliphatic carbocycles. The van der Waals surface area contributed by atoms with Gasteiger partial charge in [-0.2, -0.15) is 0 Å². The molecule has 0 heterocycles. The Morgan fingerprint density at radius 2 is 0.583 bits per heavy atom. The Hall–Kier alpha value is 2.25. The van der Waals surface area contributed by atoms with Crippen LogP contribution in [-0.2, 0) is 47.6 Å². The Bertz CT molecular complexity index is 60.8. The Labute approximate surface area is 136 Å². The van der Waals surface area contributed by atoms with E-state index >= 15 is 0 Å². The summed E-state index contributed by atoms with van der Waals surface area (Å²) in [7, 11) is 0. The van der Waals surface area contributed by atoms with Crippen molar-refractivity contribution in [3.05, 3.63) is 0 Å². The lowest BCUT2D eigenvalue weighted by Crippen LogP contribution is -1.32. The number of halogens is 3. The number of hydrogen-bond donors (Lipinski definition) is 0. The molecule has 0 atom stereocenters. The van der Waals surface area contributed by atoms with Gasteiger partial charge in [-0.15, -0.1) is 71.9 Å². The SMILES string of the molecule is C[S+]=O.C[S+]=O.C[S+]=O.I.I.I. The van der Waals surface area contributed by atoms with E-state index in [4.69, 9.17) is 12.6 Å². The summed E-state index contributed by atoms with van der Waals surface area (Å²) in [5.74, 6) is 0. The van der Waals surface area contributed by atoms with Gasteiger partial charge in [0.05, 0.1) is 0 Å². The van der Waals surface area contributed by atoms with Crippen LogP contribution in [0.25, 0.3) is 0 Å². The average Bonchev–Trinajstić information content (AvgIpc) is 1.70. The fourth-order valence-electron chi connectivity index (χ4n) is 0. The summed E-state index contributed by atoms with van der Waals surface area (Å²) in [5, 5.41) is 0. The van der Waals surface area contributed by atoms with Crippen LogP contribution in [0.1, 0.15) is 0 Å². The van der Waals surface area contributed by atoms with Crippen LogP contribution in [0.15, 0.2) is 0 Å². The highest BCUT2D eigenvalue weighted by molar-refractivity contribution is 14.0. The molecule has 0 aromatic heterocycles. The fraction of sp³-hybridized carbons (Fsp3) is 1.00. The van der Waals surface area contributed by atoms with Gasteiger partial charge in [-0.25, -0.2) is 0 Å². The normalized spacial score (nSPS) is 3.25. The minimum absolute atomic E-state index is 0. The van der Waals surface area contributed by atoms with E-state index in [2.05, 4.69) is 0 Å².